The van der Waals surface area contributed by atoms with Gasteiger partial charge >= 0.3 is 0 Å². The molecule has 6 nitrogen and oxygen atoms in total. The maximum Gasteiger partial charge on any atom is 0.242 e. The van der Waals surface area contributed by atoms with Gasteiger partial charge in [-0.1, -0.05) is 19.1 Å². The van der Waals surface area contributed by atoms with Crippen LogP contribution >= 0.6 is 0 Å². The summed E-state index contributed by atoms with van der Waals surface area (Å²) in [6, 6.07) is 6.88. The SMILES string of the molecule is CCCNS(=O)(=O)c1ccccc1NCC(=O)NC1CC1. The van der Waals surface area contributed by atoms with E-state index in [1.807, 2.05) is 6.92 Å². The normalized spacial score (nSPS) is 14.7. The zero-order valence-electron chi connectivity index (χ0n) is 12.1. The van der Waals surface area contributed by atoms with E-state index in [2.05, 4.69) is 15.4 Å². The van der Waals surface area contributed by atoms with Crippen molar-refractivity contribution >= 4 is 21.6 Å². The first-order chi connectivity index (χ1) is 10.0. The molecule has 0 aliphatic heterocycles. The van der Waals surface area contributed by atoms with Crippen molar-refractivity contribution in [3.63, 3.8) is 0 Å². The Balaban J connectivity index is 2.03. The molecule has 1 aromatic rings. The molecule has 1 aromatic carbocycles. The third kappa shape index (κ3) is 4.71. The van der Waals surface area contributed by atoms with Gasteiger partial charge in [0.15, 0.2) is 0 Å². The maximum absolute atomic E-state index is 12.2. The van der Waals surface area contributed by atoms with Gasteiger partial charge in [0.1, 0.15) is 4.90 Å². The molecule has 3 N–H and O–H groups in total. The van der Waals surface area contributed by atoms with Gasteiger partial charge in [-0.3, -0.25) is 4.79 Å². The van der Waals surface area contributed by atoms with E-state index in [-0.39, 0.29) is 17.3 Å². The molecule has 116 valence electrons. The molecule has 0 saturated heterocycles. The van der Waals surface area contributed by atoms with Gasteiger partial charge in [-0.25, -0.2) is 13.1 Å². The molecule has 1 aliphatic carbocycles. The van der Waals surface area contributed by atoms with Crippen LogP contribution in [0.2, 0.25) is 0 Å². The van der Waals surface area contributed by atoms with Crippen molar-refractivity contribution in [1.82, 2.24) is 10.0 Å². The third-order valence-electron chi connectivity index (χ3n) is 3.10. The Morgan fingerprint density at radius 2 is 2.00 bits per heavy atom. The van der Waals surface area contributed by atoms with E-state index in [0.717, 1.165) is 19.3 Å². The van der Waals surface area contributed by atoms with E-state index >= 15 is 0 Å². The van der Waals surface area contributed by atoms with Gasteiger partial charge in [-0.05, 0) is 31.4 Å². The van der Waals surface area contributed by atoms with Crippen LogP contribution in [0.15, 0.2) is 29.2 Å². The Hall–Kier alpha value is -1.60. The van der Waals surface area contributed by atoms with Crippen LogP contribution in [-0.2, 0) is 14.8 Å². The van der Waals surface area contributed by atoms with Crippen molar-refractivity contribution in [2.24, 2.45) is 0 Å². The van der Waals surface area contributed by atoms with E-state index in [1.165, 1.54) is 6.07 Å². The molecule has 1 aliphatic rings. The monoisotopic (exact) mass is 311 g/mol. The van der Waals surface area contributed by atoms with Crippen LogP contribution in [0.1, 0.15) is 26.2 Å². The lowest BCUT2D eigenvalue weighted by molar-refractivity contribution is -0.119. The highest BCUT2D eigenvalue weighted by atomic mass is 32.2. The fraction of sp³-hybridized carbons (Fsp3) is 0.500. The smallest absolute Gasteiger partial charge is 0.242 e. The number of sulfonamides is 1. The molecular formula is C14H21N3O3S. The molecule has 1 amide bonds. The van der Waals surface area contributed by atoms with Crippen molar-refractivity contribution < 1.29 is 13.2 Å². The highest BCUT2D eigenvalue weighted by Gasteiger charge is 2.23. The number of nitrogens with one attached hydrogen (secondary N) is 3. The average Bonchev–Trinajstić information content (AvgIpc) is 3.27. The molecule has 7 heteroatoms. The van der Waals surface area contributed by atoms with Crippen molar-refractivity contribution in [1.29, 1.82) is 0 Å². The first-order valence-electron chi connectivity index (χ1n) is 7.15. The topological polar surface area (TPSA) is 87.3 Å². The standard InChI is InChI=1S/C14H21N3O3S/c1-2-9-16-21(19,20)13-6-4-3-5-12(13)15-10-14(18)17-11-7-8-11/h3-6,11,15-16H,2,7-10H2,1H3,(H,17,18). The van der Waals surface area contributed by atoms with E-state index in [0.29, 0.717) is 18.3 Å². The Morgan fingerprint density at radius 1 is 1.29 bits per heavy atom. The fourth-order valence-electron chi connectivity index (χ4n) is 1.84. The van der Waals surface area contributed by atoms with Gasteiger partial charge < -0.3 is 10.6 Å². The lowest BCUT2D eigenvalue weighted by Gasteiger charge is -2.13. The number of hydrogen-bond acceptors (Lipinski definition) is 4. The molecule has 0 spiro atoms. The highest BCUT2D eigenvalue weighted by molar-refractivity contribution is 7.89. The largest absolute Gasteiger partial charge is 0.375 e. The summed E-state index contributed by atoms with van der Waals surface area (Å²) in [7, 11) is -3.56. The van der Waals surface area contributed by atoms with Gasteiger partial charge in [0, 0.05) is 12.6 Å². The predicted octanol–water partition coefficient (Wildman–Crippen LogP) is 1.07. The number of amides is 1. The van der Waals surface area contributed by atoms with Crippen LogP contribution in [0.25, 0.3) is 0 Å². The quantitative estimate of drug-likeness (QED) is 0.670. The summed E-state index contributed by atoms with van der Waals surface area (Å²) >= 11 is 0. The minimum Gasteiger partial charge on any atom is -0.375 e. The second-order valence-corrected chi connectivity index (χ2v) is 6.82. The van der Waals surface area contributed by atoms with Crippen LogP contribution in [0, 0.1) is 0 Å². The summed E-state index contributed by atoms with van der Waals surface area (Å²) in [4.78, 5) is 11.8. The van der Waals surface area contributed by atoms with Crippen LogP contribution in [0.5, 0.6) is 0 Å². The summed E-state index contributed by atoms with van der Waals surface area (Å²) in [5.74, 6) is -0.119. The molecule has 0 unspecified atom stereocenters. The zero-order valence-corrected chi connectivity index (χ0v) is 12.9. The van der Waals surface area contributed by atoms with Crippen molar-refractivity contribution in [3.05, 3.63) is 24.3 Å². The molecule has 0 radical (unpaired) electrons. The van der Waals surface area contributed by atoms with Gasteiger partial charge in [-0.15, -0.1) is 0 Å². The minimum atomic E-state index is -3.56. The number of carbonyl (C=O) groups is 1. The van der Waals surface area contributed by atoms with E-state index in [4.69, 9.17) is 0 Å². The predicted molar refractivity (Wildman–Crippen MR) is 81.6 cm³/mol. The van der Waals surface area contributed by atoms with Crippen LogP contribution in [0.4, 0.5) is 5.69 Å². The number of rotatable bonds is 8. The number of carbonyl (C=O) groups excluding carboxylic acids is 1. The molecule has 1 fully saturated rings. The Morgan fingerprint density at radius 3 is 2.67 bits per heavy atom. The van der Waals surface area contributed by atoms with E-state index < -0.39 is 10.0 Å². The third-order valence-corrected chi connectivity index (χ3v) is 4.62. The number of para-hydroxylation sites is 1. The van der Waals surface area contributed by atoms with Crippen LogP contribution in [-0.4, -0.2) is 33.5 Å². The second kappa shape index (κ2) is 6.91. The Bertz CT molecular complexity index is 597. The highest BCUT2D eigenvalue weighted by Crippen LogP contribution is 2.21. The van der Waals surface area contributed by atoms with Crippen LogP contribution < -0.4 is 15.4 Å². The molecule has 0 aromatic heterocycles. The average molecular weight is 311 g/mol. The summed E-state index contributed by atoms with van der Waals surface area (Å²) in [5.41, 5.74) is 0.437. The lowest BCUT2D eigenvalue weighted by atomic mass is 10.3. The van der Waals surface area contributed by atoms with Gasteiger partial charge in [-0.2, -0.15) is 0 Å². The maximum atomic E-state index is 12.2. The first kappa shape index (κ1) is 15.8. The summed E-state index contributed by atoms with van der Waals surface area (Å²) in [6.45, 7) is 2.35. The number of benzene rings is 1. The zero-order chi connectivity index (χ0) is 15.3. The van der Waals surface area contributed by atoms with Gasteiger partial charge in [0.2, 0.25) is 15.9 Å². The Kier molecular flexibility index (Phi) is 5.19. The summed E-state index contributed by atoms with van der Waals surface area (Å²) < 4.78 is 26.9. The molecule has 1 saturated carbocycles. The second-order valence-electron chi connectivity index (χ2n) is 5.09. The molecule has 0 atom stereocenters. The molecule has 0 heterocycles. The van der Waals surface area contributed by atoms with Gasteiger partial charge in [0.05, 0.1) is 12.2 Å². The van der Waals surface area contributed by atoms with Crippen molar-refractivity contribution in [2.75, 3.05) is 18.4 Å². The molecular weight excluding hydrogens is 290 g/mol. The number of hydrogen-bond donors (Lipinski definition) is 3. The number of anilines is 1. The molecule has 0 bridgehead atoms. The Labute approximate surface area is 125 Å². The summed E-state index contributed by atoms with van der Waals surface area (Å²) in [6.07, 6.45) is 2.77. The van der Waals surface area contributed by atoms with Gasteiger partial charge in [0.25, 0.3) is 0 Å². The minimum absolute atomic E-state index is 0.0663. The van der Waals surface area contributed by atoms with Crippen LogP contribution in [0.3, 0.4) is 0 Å². The molecule has 21 heavy (non-hydrogen) atoms. The molecule has 2 rings (SSSR count). The van der Waals surface area contributed by atoms with Crippen molar-refractivity contribution in [2.45, 2.75) is 37.1 Å². The van der Waals surface area contributed by atoms with Crippen molar-refractivity contribution in [3.8, 4) is 0 Å². The first-order valence-corrected chi connectivity index (χ1v) is 8.63. The fourth-order valence-corrected chi connectivity index (χ4v) is 3.16. The lowest BCUT2D eigenvalue weighted by Crippen LogP contribution is -2.32. The van der Waals surface area contributed by atoms with E-state index in [9.17, 15) is 13.2 Å². The van der Waals surface area contributed by atoms with E-state index in [1.54, 1.807) is 18.2 Å². The summed E-state index contributed by atoms with van der Waals surface area (Å²) in [5, 5.41) is 5.75.